The molecule has 0 saturated heterocycles. The van der Waals surface area contributed by atoms with Gasteiger partial charge in [-0.05, 0) is 85.8 Å². The smallest absolute Gasteiger partial charge is 0.203 e. The van der Waals surface area contributed by atoms with Crippen LogP contribution >= 0.6 is 0 Å². The van der Waals surface area contributed by atoms with Gasteiger partial charge in [-0.15, -0.1) is 0 Å². The standard InChI is InChI=1S/C27H44O2/c1-18(2)28-25(23-16-19-9-10-21(23)15-19)29-22-13-11-20(12-14-22)24(27(6,7)8)17-26(3,4)5/h11-14,18-19,21,23-25H,9-10,15-17H2,1-8H3. The minimum atomic E-state index is -0.107. The fraction of sp³-hybridized carbons (Fsp3) is 0.778. The molecule has 2 aliphatic rings. The maximum Gasteiger partial charge on any atom is 0.203 e. The molecular weight excluding hydrogens is 356 g/mol. The van der Waals surface area contributed by atoms with E-state index in [0.29, 0.717) is 17.3 Å². The number of hydrogen-bond acceptors (Lipinski definition) is 2. The molecule has 5 atom stereocenters. The highest BCUT2D eigenvalue weighted by molar-refractivity contribution is 5.31. The number of hydrogen-bond donors (Lipinski definition) is 0. The van der Waals surface area contributed by atoms with Gasteiger partial charge in [0.2, 0.25) is 6.29 Å². The minimum Gasteiger partial charge on any atom is -0.465 e. The van der Waals surface area contributed by atoms with Gasteiger partial charge in [-0.3, -0.25) is 0 Å². The Balaban J connectivity index is 1.73. The van der Waals surface area contributed by atoms with Crippen LogP contribution in [0.3, 0.4) is 0 Å². The van der Waals surface area contributed by atoms with Crippen LogP contribution in [0, 0.1) is 28.6 Å². The van der Waals surface area contributed by atoms with Gasteiger partial charge in [-0.1, -0.05) is 60.1 Å². The van der Waals surface area contributed by atoms with Gasteiger partial charge in [0.05, 0.1) is 6.10 Å². The van der Waals surface area contributed by atoms with Gasteiger partial charge in [0.15, 0.2) is 0 Å². The van der Waals surface area contributed by atoms with Crippen molar-refractivity contribution in [3.05, 3.63) is 29.8 Å². The lowest BCUT2D eigenvalue weighted by Crippen LogP contribution is -2.35. The topological polar surface area (TPSA) is 18.5 Å². The molecule has 0 amide bonds. The first-order valence-corrected chi connectivity index (χ1v) is 11.8. The van der Waals surface area contributed by atoms with E-state index in [9.17, 15) is 0 Å². The summed E-state index contributed by atoms with van der Waals surface area (Å²) in [5, 5.41) is 0. The van der Waals surface area contributed by atoms with Crippen molar-refractivity contribution in [2.24, 2.45) is 28.6 Å². The van der Waals surface area contributed by atoms with E-state index >= 15 is 0 Å². The number of rotatable bonds is 7. The quantitative estimate of drug-likeness (QED) is 0.434. The van der Waals surface area contributed by atoms with Gasteiger partial charge in [0.25, 0.3) is 0 Å². The SMILES string of the molecule is CC(C)OC(Oc1ccc(C(CC(C)(C)C)C(C)(C)C)cc1)C1CC2CCC1C2. The molecule has 0 aromatic heterocycles. The first-order valence-electron chi connectivity index (χ1n) is 11.8. The van der Waals surface area contributed by atoms with Crippen LogP contribution in [0.2, 0.25) is 0 Å². The van der Waals surface area contributed by atoms with Gasteiger partial charge in [-0.25, -0.2) is 0 Å². The average Bonchev–Trinajstić information content (AvgIpc) is 3.21. The zero-order valence-electron chi connectivity index (χ0n) is 20.1. The van der Waals surface area contributed by atoms with Crippen molar-refractivity contribution in [1.82, 2.24) is 0 Å². The summed E-state index contributed by atoms with van der Waals surface area (Å²) in [5.74, 6) is 3.73. The van der Waals surface area contributed by atoms with E-state index in [1.165, 1.54) is 37.7 Å². The molecule has 0 radical (unpaired) electrons. The third-order valence-corrected chi connectivity index (χ3v) is 6.95. The van der Waals surface area contributed by atoms with Crippen LogP contribution in [0.5, 0.6) is 5.75 Å². The molecule has 164 valence electrons. The number of fused-ring (bicyclic) bond motifs is 2. The lowest BCUT2D eigenvalue weighted by Gasteiger charge is -2.36. The molecule has 0 N–H and O–H groups in total. The van der Waals surface area contributed by atoms with E-state index in [1.54, 1.807) is 0 Å². The average molecular weight is 401 g/mol. The van der Waals surface area contributed by atoms with E-state index < -0.39 is 0 Å². The van der Waals surface area contributed by atoms with E-state index in [1.807, 2.05) is 0 Å². The normalized spacial score (nSPS) is 26.7. The molecule has 2 heteroatoms. The summed E-state index contributed by atoms with van der Waals surface area (Å²) in [6, 6.07) is 8.90. The summed E-state index contributed by atoms with van der Waals surface area (Å²) in [6.07, 6.45) is 6.69. The number of benzene rings is 1. The lowest BCUT2D eigenvalue weighted by atomic mass is 9.69. The highest BCUT2D eigenvalue weighted by Gasteiger charge is 2.45. The van der Waals surface area contributed by atoms with Crippen molar-refractivity contribution in [2.75, 3.05) is 0 Å². The first-order chi connectivity index (χ1) is 13.4. The second-order valence-corrected chi connectivity index (χ2v) is 12.3. The third-order valence-electron chi connectivity index (χ3n) is 6.95. The van der Waals surface area contributed by atoms with E-state index in [2.05, 4.69) is 79.7 Å². The Bertz CT molecular complexity index is 647. The second kappa shape index (κ2) is 8.61. The molecule has 3 rings (SSSR count). The van der Waals surface area contributed by atoms with Crippen molar-refractivity contribution in [3.8, 4) is 5.75 Å². The molecule has 0 aliphatic heterocycles. The van der Waals surface area contributed by atoms with Crippen LogP contribution in [-0.4, -0.2) is 12.4 Å². The highest BCUT2D eigenvalue weighted by Crippen LogP contribution is 2.50. The molecule has 2 nitrogen and oxygen atoms in total. The Morgan fingerprint density at radius 2 is 1.59 bits per heavy atom. The van der Waals surface area contributed by atoms with Crippen LogP contribution in [0.25, 0.3) is 0 Å². The van der Waals surface area contributed by atoms with E-state index in [-0.39, 0.29) is 17.8 Å². The molecule has 2 aliphatic carbocycles. The molecule has 2 bridgehead atoms. The fourth-order valence-electron chi connectivity index (χ4n) is 5.56. The van der Waals surface area contributed by atoms with Gasteiger partial charge in [0, 0.05) is 5.92 Å². The van der Waals surface area contributed by atoms with Gasteiger partial charge in [-0.2, -0.15) is 0 Å². The molecular formula is C27H44O2. The molecule has 0 spiro atoms. The lowest BCUT2D eigenvalue weighted by molar-refractivity contribution is -0.149. The Labute approximate surface area is 179 Å². The molecule has 1 aromatic rings. The molecule has 2 fully saturated rings. The van der Waals surface area contributed by atoms with Crippen molar-refractivity contribution in [1.29, 1.82) is 0 Å². The molecule has 5 unspecified atom stereocenters. The summed E-state index contributed by atoms with van der Waals surface area (Å²) in [4.78, 5) is 0. The predicted molar refractivity (Wildman–Crippen MR) is 122 cm³/mol. The Morgan fingerprint density at radius 1 is 0.931 bits per heavy atom. The summed E-state index contributed by atoms with van der Waals surface area (Å²) >= 11 is 0. The van der Waals surface area contributed by atoms with Crippen LogP contribution in [0.4, 0.5) is 0 Å². The van der Waals surface area contributed by atoms with Crippen LogP contribution in [0.1, 0.15) is 99.0 Å². The van der Waals surface area contributed by atoms with Crippen molar-refractivity contribution < 1.29 is 9.47 Å². The predicted octanol–water partition coefficient (Wildman–Crippen LogP) is 7.82. The van der Waals surface area contributed by atoms with Gasteiger partial charge in [0.1, 0.15) is 5.75 Å². The Morgan fingerprint density at radius 3 is 2.03 bits per heavy atom. The van der Waals surface area contributed by atoms with Crippen molar-refractivity contribution in [2.45, 2.75) is 106 Å². The van der Waals surface area contributed by atoms with Crippen molar-refractivity contribution >= 4 is 0 Å². The summed E-state index contributed by atoms with van der Waals surface area (Å²) in [5.41, 5.74) is 1.97. The van der Waals surface area contributed by atoms with Crippen LogP contribution in [0.15, 0.2) is 24.3 Å². The number of ether oxygens (including phenoxy) is 2. The molecule has 0 heterocycles. The molecule has 2 saturated carbocycles. The summed E-state index contributed by atoms with van der Waals surface area (Å²) in [6.45, 7) is 18.3. The van der Waals surface area contributed by atoms with Gasteiger partial charge >= 0.3 is 0 Å². The Kier molecular flexibility index (Phi) is 6.73. The van der Waals surface area contributed by atoms with Gasteiger partial charge < -0.3 is 9.47 Å². The zero-order valence-corrected chi connectivity index (χ0v) is 20.1. The Hall–Kier alpha value is -1.02. The summed E-state index contributed by atoms with van der Waals surface area (Å²) in [7, 11) is 0. The van der Waals surface area contributed by atoms with Crippen LogP contribution in [-0.2, 0) is 4.74 Å². The molecule has 29 heavy (non-hydrogen) atoms. The molecule has 1 aromatic carbocycles. The minimum absolute atomic E-state index is 0.107. The first kappa shape index (κ1) is 22.7. The largest absolute Gasteiger partial charge is 0.465 e. The third kappa shape index (κ3) is 6.00. The van der Waals surface area contributed by atoms with E-state index in [4.69, 9.17) is 9.47 Å². The summed E-state index contributed by atoms with van der Waals surface area (Å²) < 4.78 is 12.7. The maximum atomic E-state index is 6.46. The fourth-order valence-corrected chi connectivity index (χ4v) is 5.56. The van der Waals surface area contributed by atoms with Crippen molar-refractivity contribution in [3.63, 3.8) is 0 Å². The van der Waals surface area contributed by atoms with Crippen LogP contribution < -0.4 is 4.74 Å². The monoisotopic (exact) mass is 400 g/mol. The van der Waals surface area contributed by atoms with E-state index in [0.717, 1.165) is 17.6 Å². The highest BCUT2D eigenvalue weighted by atomic mass is 16.7. The maximum absolute atomic E-state index is 6.46. The second-order valence-electron chi connectivity index (χ2n) is 12.3. The zero-order chi connectivity index (χ0) is 21.4.